The fourth-order valence-electron chi connectivity index (χ4n) is 0.482. The van der Waals surface area contributed by atoms with Crippen LogP contribution >= 0.6 is 43.2 Å². The lowest BCUT2D eigenvalue weighted by atomic mass is 10.6. The third-order valence-corrected chi connectivity index (χ3v) is 3.42. The van der Waals surface area contributed by atoms with Crippen molar-refractivity contribution in [2.75, 3.05) is 7.11 Å². The largest absolute Gasteiger partial charge is 0.493 e. The maximum atomic E-state index is 5.03. The Morgan fingerprint density at radius 3 is 2.44 bits per heavy atom. The first kappa shape index (κ1) is 7.57. The molecule has 0 aliphatic rings. The first-order valence-electron chi connectivity index (χ1n) is 2.22. The van der Waals surface area contributed by atoms with E-state index in [2.05, 4.69) is 31.9 Å². The summed E-state index contributed by atoms with van der Waals surface area (Å²) in [6.45, 7) is 0. The van der Waals surface area contributed by atoms with E-state index < -0.39 is 0 Å². The summed E-state index contributed by atoms with van der Waals surface area (Å²) < 4.78 is 7.06. The third kappa shape index (κ3) is 1.48. The van der Waals surface area contributed by atoms with Crippen LogP contribution in [-0.2, 0) is 0 Å². The predicted molar refractivity (Wildman–Crippen MR) is 46.3 cm³/mol. The monoisotopic (exact) mass is 270 g/mol. The summed E-state index contributed by atoms with van der Waals surface area (Å²) in [5.41, 5.74) is 0. The van der Waals surface area contributed by atoms with Crippen molar-refractivity contribution in [3.63, 3.8) is 0 Å². The molecule has 50 valence electrons. The molecule has 0 amide bonds. The van der Waals surface area contributed by atoms with Gasteiger partial charge in [-0.1, -0.05) is 0 Å². The Kier molecular flexibility index (Phi) is 2.55. The molecule has 0 spiro atoms. The highest BCUT2D eigenvalue weighted by Gasteiger charge is 2.05. The van der Waals surface area contributed by atoms with Crippen molar-refractivity contribution in [2.24, 2.45) is 0 Å². The van der Waals surface area contributed by atoms with Crippen molar-refractivity contribution in [2.45, 2.75) is 0 Å². The van der Waals surface area contributed by atoms with E-state index in [1.807, 2.05) is 5.38 Å². The van der Waals surface area contributed by atoms with Gasteiger partial charge in [0.25, 0.3) is 0 Å². The molecule has 0 unspecified atom stereocenters. The average Bonchev–Trinajstić information content (AvgIpc) is 2.12. The summed E-state index contributed by atoms with van der Waals surface area (Å²) in [7, 11) is 1.65. The van der Waals surface area contributed by atoms with Gasteiger partial charge in [0.2, 0.25) is 0 Å². The van der Waals surface area contributed by atoms with Crippen molar-refractivity contribution >= 4 is 43.2 Å². The summed E-state index contributed by atoms with van der Waals surface area (Å²) in [6, 6.07) is 0. The minimum Gasteiger partial charge on any atom is -0.493 e. The summed E-state index contributed by atoms with van der Waals surface area (Å²) in [5, 5.41) is 1.98. The van der Waals surface area contributed by atoms with Crippen LogP contribution in [0.25, 0.3) is 0 Å². The molecular weight excluding hydrogens is 268 g/mol. The van der Waals surface area contributed by atoms with Gasteiger partial charge in [0.1, 0.15) is 3.79 Å². The van der Waals surface area contributed by atoms with Gasteiger partial charge < -0.3 is 4.74 Å². The van der Waals surface area contributed by atoms with Crippen molar-refractivity contribution in [1.82, 2.24) is 0 Å². The fraction of sp³-hybridized carbons (Fsp3) is 0.200. The van der Waals surface area contributed by atoms with Crippen molar-refractivity contribution in [3.05, 3.63) is 13.6 Å². The number of rotatable bonds is 1. The van der Waals surface area contributed by atoms with Gasteiger partial charge in [-0.3, -0.25) is 0 Å². The van der Waals surface area contributed by atoms with E-state index in [9.17, 15) is 0 Å². The summed E-state index contributed by atoms with van der Waals surface area (Å²) in [4.78, 5) is 0. The van der Waals surface area contributed by atoms with E-state index in [0.717, 1.165) is 14.0 Å². The molecule has 0 fully saturated rings. The molecule has 0 saturated carbocycles. The van der Waals surface area contributed by atoms with Gasteiger partial charge in [-0.15, -0.1) is 11.3 Å². The van der Waals surface area contributed by atoms with Gasteiger partial charge in [0.05, 0.1) is 11.6 Å². The normalized spacial score (nSPS) is 9.67. The molecule has 1 aromatic rings. The molecular formula is C5H4Br2OS. The Hall–Kier alpha value is 0.460. The van der Waals surface area contributed by atoms with Crippen LogP contribution in [0.2, 0.25) is 0 Å². The van der Waals surface area contributed by atoms with Gasteiger partial charge in [0.15, 0.2) is 5.75 Å². The van der Waals surface area contributed by atoms with Gasteiger partial charge in [-0.25, -0.2) is 0 Å². The highest BCUT2D eigenvalue weighted by Crippen LogP contribution is 2.38. The minimum absolute atomic E-state index is 0.875. The summed E-state index contributed by atoms with van der Waals surface area (Å²) in [5.74, 6) is 0.875. The SMILES string of the molecule is COc1c(Br)csc1Br. The Morgan fingerprint density at radius 2 is 2.22 bits per heavy atom. The van der Waals surface area contributed by atoms with Gasteiger partial charge in [-0.2, -0.15) is 0 Å². The second kappa shape index (κ2) is 3.03. The smallest absolute Gasteiger partial charge is 0.158 e. The zero-order valence-corrected chi connectivity index (χ0v) is 8.64. The van der Waals surface area contributed by atoms with Crippen LogP contribution in [0.5, 0.6) is 5.75 Å². The van der Waals surface area contributed by atoms with E-state index in [1.165, 1.54) is 0 Å². The molecule has 0 N–H and O–H groups in total. The quantitative estimate of drug-likeness (QED) is 0.762. The molecule has 9 heavy (non-hydrogen) atoms. The first-order valence-corrected chi connectivity index (χ1v) is 4.68. The number of hydrogen-bond donors (Lipinski definition) is 0. The number of methoxy groups -OCH3 is 1. The van der Waals surface area contributed by atoms with Crippen LogP contribution < -0.4 is 4.74 Å². The Balaban J connectivity index is 3.07. The van der Waals surface area contributed by atoms with E-state index in [4.69, 9.17) is 4.74 Å². The topological polar surface area (TPSA) is 9.23 Å². The molecule has 1 nitrogen and oxygen atoms in total. The maximum Gasteiger partial charge on any atom is 0.158 e. The average molecular weight is 272 g/mol. The summed E-state index contributed by atoms with van der Waals surface area (Å²) >= 11 is 8.27. The van der Waals surface area contributed by atoms with E-state index in [0.29, 0.717) is 0 Å². The summed E-state index contributed by atoms with van der Waals surface area (Å²) in [6.07, 6.45) is 0. The highest BCUT2D eigenvalue weighted by molar-refractivity contribution is 9.11. The van der Waals surface area contributed by atoms with Crippen LogP contribution in [0, 0.1) is 0 Å². The lowest BCUT2D eigenvalue weighted by Gasteiger charge is -1.94. The molecule has 4 heteroatoms. The van der Waals surface area contributed by atoms with Crippen LogP contribution in [0.4, 0.5) is 0 Å². The van der Waals surface area contributed by atoms with Crippen LogP contribution in [0.1, 0.15) is 0 Å². The molecule has 0 saturated heterocycles. The fourth-order valence-corrected chi connectivity index (χ4v) is 2.79. The van der Waals surface area contributed by atoms with Crippen molar-refractivity contribution < 1.29 is 4.74 Å². The second-order valence-electron chi connectivity index (χ2n) is 1.39. The zero-order valence-electron chi connectivity index (χ0n) is 4.65. The van der Waals surface area contributed by atoms with Gasteiger partial charge >= 0.3 is 0 Å². The van der Waals surface area contributed by atoms with Crippen LogP contribution in [0.3, 0.4) is 0 Å². The van der Waals surface area contributed by atoms with Crippen LogP contribution in [-0.4, -0.2) is 7.11 Å². The first-order chi connectivity index (χ1) is 4.25. The maximum absolute atomic E-state index is 5.03. The molecule has 0 bridgehead atoms. The Bertz CT molecular complexity index is 189. The van der Waals surface area contributed by atoms with E-state index in [-0.39, 0.29) is 0 Å². The van der Waals surface area contributed by atoms with E-state index >= 15 is 0 Å². The molecule has 0 atom stereocenters. The zero-order chi connectivity index (χ0) is 6.85. The van der Waals surface area contributed by atoms with Crippen molar-refractivity contribution in [1.29, 1.82) is 0 Å². The predicted octanol–water partition coefficient (Wildman–Crippen LogP) is 3.28. The number of halogens is 2. The molecule has 0 aromatic carbocycles. The Labute approximate surface area is 74.3 Å². The second-order valence-corrected chi connectivity index (χ2v) is 4.44. The lowest BCUT2D eigenvalue weighted by Crippen LogP contribution is -1.79. The third-order valence-electron chi connectivity index (χ3n) is 0.865. The molecule has 0 radical (unpaired) electrons. The molecule has 1 aromatic heterocycles. The number of thiophene rings is 1. The highest BCUT2D eigenvalue weighted by atomic mass is 79.9. The molecule has 0 aliphatic heterocycles. The van der Waals surface area contributed by atoms with E-state index in [1.54, 1.807) is 18.4 Å². The molecule has 1 heterocycles. The minimum atomic E-state index is 0.875. The van der Waals surface area contributed by atoms with Crippen molar-refractivity contribution in [3.8, 4) is 5.75 Å². The molecule has 0 aliphatic carbocycles. The number of ether oxygens (including phenoxy) is 1. The standard InChI is InChI=1S/C5H4Br2OS/c1-8-4-3(6)2-9-5(4)7/h2H,1H3. The van der Waals surface area contributed by atoms with Crippen LogP contribution in [0.15, 0.2) is 13.6 Å². The van der Waals surface area contributed by atoms with Gasteiger partial charge in [0, 0.05) is 5.38 Å². The lowest BCUT2D eigenvalue weighted by molar-refractivity contribution is 0.412. The number of hydrogen-bond acceptors (Lipinski definition) is 2. The Morgan fingerprint density at radius 1 is 1.56 bits per heavy atom. The molecule has 1 rings (SSSR count). The van der Waals surface area contributed by atoms with Gasteiger partial charge in [-0.05, 0) is 31.9 Å².